The van der Waals surface area contributed by atoms with E-state index in [-0.39, 0.29) is 4.13 Å². The van der Waals surface area contributed by atoms with Crippen LogP contribution in [0.25, 0.3) is 0 Å². The fourth-order valence-corrected chi connectivity index (χ4v) is 4.77. The Morgan fingerprint density at radius 3 is 1.35 bits per heavy atom. The van der Waals surface area contributed by atoms with Gasteiger partial charge in [0.15, 0.2) is 0 Å². The average Bonchev–Trinajstić information content (AvgIpc) is 1.65. The van der Waals surface area contributed by atoms with Crippen molar-refractivity contribution < 1.29 is 37.6 Å². The van der Waals surface area contributed by atoms with Gasteiger partial charge >= 0.3 is 30.8 Å². The van der Waals surface area contributed by atoms with Crippen molar-refractivity contribution in [3.8, 4) is 0 Å². The highest BCUT2D eigenvalue weighted by molar-refractivity contribution is 8.11. The van der Waals surface area contributed by atoms with Crippen LogP contribution in [0.5, 0.6) is 0 Å². The van der Waals surface area contributed by atoms with E-state index in [1.54, 1.807) is 0 Å². The van der Waals surface area contributed by atoms with Crippen molar-refractivity contribution in [2.45, 2.75) is 0 Å². The van der Waals surface area contributed by atoms with Crippen LogP contribution < -0.4 is 17.5 Å². The van der Waals surface area contributed by atoms with E-state index in [1.165, 1.54) is 0 Å². The summed E-state index contributed by atoms with van der Waals surface area (Å²) in [6, 6.07) is 0. The molecule has 0 fully saturated rings. The lowest BCUT2D eigenvalue weighted by Gasteiger charge is -2.05. The second kappa shape index (κ2) is 4.68. The van der Waals surface area contributed by atoms with Crippen LogP contribution in [0.15, 0.2) is 0 Å². The van der Waals surface area contributed by atoms with Gasteiger partial charge in [-0.1, -0.05) is 16.3 Å². The average molecular weight is 336 g/mol. The lowest BCUT2D eigenvalue weighted by Crippen LogP contribution is -2.49. The van der Waals surface area contributed by atoms with Crippen molar-refractivity contribution in [3.05, 3.63) is 0 Å². The van der Waals surface area contributed by atoms with Crippen LogP contribution in [0.2, 0.25) is 0 Å². The molecule has 0 unspecified atom stereocenters. The van der Waals surface area contributed by atoms with Gasteiger partial charge in [0.25, 0.3) is 10.2 Å². The Balaban J connectivity index is 5.11. The third-order valence-corrected chi connectivity index (χ3v) is 5.89. The number of halogens is 1. The molecular formula is H5FN4O8S4. The molecule has 0 aliphatic rings. The predicted octanol–water partition coefficient (Wildman–Crippen LogP) is -4.34. The van der Waals surface area contributed by atoms with Crippen molar-refractivity contribution >= 4 is 41.0 Å². The van der Waals surface area contributed by atoms with E-state index in [0.29, 0.717) is 8.25 Å². The van der Waals surface area contributed by atoms with Crippen LogP contribution in [-0.2, 0) is 41.0 Å². The van der Waals surface area contributed by atoms with Crippen molar-refractivity contribution in [1.82, 2.24) is 12.4 Å². The molecular weight excluding hydrogens is 331 g/mol. The molecule has 0 aromatic carbocycles. The molecule has 0 heterocycles. The van der Waals surface area contributed by atoms with Crippen LogP contribution in [-0.4, -0.2) is 33.7 Å². The first-order valence-electron chi connectivity index (χ1n) is 2.95. The Hall–Kier alpha value is -0.430. The molecule has 104 valence electrons. The Morgan fingerprint density at radius 1 is 0.706 bits per heavy atom. The molecule has 0 bridgehead atoms. The van der Waals surface area contributed by atoms with Crippen LogP contribution in [0, 0.1) is 0 Å². The van der Waals surface area contributed by atoms with Crippen LogP contribution in [0.3, 0.4) is 0 Å². The molecule has 0 amide bonds. The lowest BCUT2D eigenvalue weighted by atomic mass is 13.8. The zero-order valence-electron chi connectivity index (χ0n) is 7.35. The van der Waals surface area contributed by atoms with Gasteiger partial charge in [0.1, 0.15) is 0 Å². The van der Waals surface area contributed by atoms with Gasteiger partial charge < -0.3 is 0 Å². The van der Waals surface area contributed by atoms with E-state index in [1.807, 2.05) is 0 Å². The first-order chi connectivity index (χ1) is 7.12. The van der Waals surface area contributed by atoms with Gasteiger partial charge in [0, 0.05) is 0 Å². The molecule has 5 N–H and O–H groups in total. The highest BCUT2D eigenvalue weighted by atomic mass is 32.3. The third kappa shape index (κ3) is 9.29. The Bertz CT molecular complexity index is 617. The van der Waals surface area contributed by atoms with Gasteiger partial charge in [-0.25, -0.2) is 5.14 Å². The topological polar surface area (TPSA) is 199 Å². The second-order valence-electron chi connectivity index (χ2n) is 2.24. The summed E-state index contributed by atoms with van der Waals surface area (Å²) in [6.45, 7) is 0. The molecule has 17 heavy (non-hydrogen) atoms. The summed E-state index contributed by atoms with van der Waals surface area (Å²) in [5.74, 6) is 0. The quantitative estimate of drug-likeness (QED) is 0.349. The molecule has 12 nitrogen and oxygen atoms in total. The summed E-state index contributed by atoms with van der Waals surface area (Å²) >= 11 is 0. The lowest BCUT2D eigenvalue weighted by molar-refractivity contribution is 0.541. The van der Waals surface area contributed by atoms with E-state index in [0.717, 1.165) is 0 Å². The Labute approximate surface area is 96.3 Å². The summed E-state index contributed by atoms with van der Waals surface area (Å²) in [4.78, 5) is 0. The molecule has 0 spiro atoms. The molecule has 0 aromatic rings. The van der Waals surface area contributed by atoms with E-state index < -0.39 is 41.0 Å². The van der Waals surface area contributed by atoms with E-state index in [9.17, 15) is 37.6 Å². The maximum atomic E-state index is 11.9. The number of hydrogen-bond acceptors (Lipinski definition) is 8. The molecule has 0 rings (SSSR count). The van der Waals surface area contributed by atoms with Gasteiger partial charge in [-0.3, -0.25) is 0 Å². The van der Waals surface area contributed by atoms with E-state index in [4.69, 9.17) is 0 Å². The molecule has 0 atom stereocenters. The molecule has 0 radical (unpaired) electrons. The number of nitrogens with two attached hydrogens (primary N) is 1. The first kappa shape index (κ1) is 16.6. The maximum Gasteiger partial charge on any atom is 0.386 e. The summed E-state index contributed by atoms with van der Waals surface area (Å²) in [5, 5.41) is 4.20. The van der Waals surface area contributed by atoms with Crippen molar-refractivity contribution in [3.63, 3.8) is 0 Å². The van der Waals surface area contributed by atoms with E-state index >= 15 is 0 Å². The predicted molar refractivity (Wildman–Crippen MR) is 50.4 cm³/mol. The van der Waals surface area contributed by atoms with Gasteiger partial charge in [-0.15, -0.1) is 0 Å². The minimum absolute atomic E-state index is 0.249. The van der Waals surface area contributed by atoms with Gasteiger partial charge in [0.05, 0.1) is 0 Å². The minimum atomic E-state index is -5.77. The number of rotatable bonds is 6. The zero-order chi connectivity index (χ0) is 14.1. The Morgan fingerprint density at radius 2 is 1.06 bits per heavy atom. The normalized spacial score (nSPS) is 14.7. The summed E-state index contributed by atoms with van der Waals surface area (Å²) in [7, 11) is -21.3. The van der Waals surface area contributed by atoms with Crippen LogP contribution in [0.1, 0.15) is 0 Å². The second-order valence-corrected chi connectivity index (χ2v) is 8.22. The SMILES string of the molecule is NS(=O)(=O)NS(=O)(=O)NS(=O)(=O)NS(=O)(=O)F. The van der Waals surface area contributed by atoms with Crippen molar-refractivity contribution in [2.75, 3.05) is 0 Å². The molecule has 17 heteroatoms. The standard InChI is InChI=1S/FH5N4O8S4/c1-14(6,7)3-16(10,11)5-17(12,13)4-15(2,8)9/h3-5H,(H2,2,8,9). The minimum Gasteiger partial charge on any atom is -0.215 e. The van der Waals surface area contributed by atoms with Gasteiger partial charge in [0.2, 0.25) is 0 Å². The van der Waals surface area contributed by atoms with E-state index in [2.05, 4.69) is 5.14 Å². The number of nitrogens with one attached hydrogen (secondary N) is 3. The van der Waals surface area contributed by atoms with Gasteiger partial charge in [-0.05, 0) is 0 Å². The summed E-state index contributed by atoms with van der Waals surface area (Å²) in [5.41, 5.74) is 0. The first-order valence-corrected chi connectivity index (χ1v) is 8.84. The van der Waals surface area contributed by atoms with Crippen molar-refractivity contribution in [2.24, 2.45) is 5.14 Å². The third-order valence-electron chi connectivity index (χ3n) is 0.655. The summed E-state index contributed by atoms with van der Waals surface area (Å²) < 4.78 is 96.2. The molecule has 0 saturated carbocycles. The number of hydrogen-bond donors (Lipinski definition) is 4. The largest absolute Gasteiger partial charge is 0.386 e. The Kier molecular flexibility index (Phi) is 4.56. The zero-order valence-corrected chi connectivity index (χ0v) is 10.6. The van der Waals surface area contributed by atoms with Crippen molar-refractivity contribution in [1.29, 1.82) is 0 Å². The van der Waals surface area contributed by atoms with Gasteiger partial charge in [-0.2, -0.15) is 33.7 Å². The maximum absolute atomic E-state index is 11.9. The van der Waals surface area contributed by atoms with Crippen LogP contribution >= 0.6 is 0 Å². The molecule has 0 saturated heterocycles. The summed E-state index contributed by atoms with van der Waals surface area (Å²) in [6.07, 6.45) is 0. The highest BCUT2D eigenvalue weighted by Gasteiger charge is 2.27. The van der Waals surface area contributed by atoms with Crippen LogP contribution in [0.4, 0.5) is 3.89 Å². The molecule has 0 aromatic heterocycles. The fourth-order valence-electron chi connectivity index (χ4n) is 0.462. The smallest absolute Gasteiger partial charge is 0.215 e. The monoisotopic (exact) mass is 336 g/mol. The fraction of sp³-hybridized carbons (Fsp3) is 0. The highest BCUT2D eigenvalue weighted by Crippen LogP contribution is 1.91. The molecule has 0 aliphatic heterocycles. The molecule has 0 aliphatic carbocycles.